The first-order chi connectivity index (χ1) is 10.2. The summed E-state index contributed by atoms with van der Waals surface area (Å²) in [5.74, 6) is -3.47. The molecule has 0 radical (unpaired) electrons. The van der Waals surface area contributed by atoms with Crippen LogP contribution in [0.3, 0.4) is 0 Å². The van der Waals surface area contributed by atoms with E-state index in [1.165, 1.54) is 13.0 Å². The average Bonchev–Trinajstić information content (AvgIpc) is 2.37. The zero-order valence-electron chi connectivity index (χ0n) is 13.0. The molecule has 4 nitrogen and oxygen atoms in total. The molecule has 2 N–H and O–H groups in total. The van der Waals surface area contributed by atoms with Crippen LogP contribution in [0.1, 0.15) is 51.5 Å². The molecule has 0 fully saturated rings. The third-order valence-electron chi connectivity index (χ3n) is 3.62. The lowest BCUT2D eigenvalue weighted by molar-refractivity contribution is -0.147. The molecule has 1 aromatic carbocycles. The van der Waals surface area contributed by atoms with E-state index in [9.17, 15) is 23.5 Å². The summed E-state index contributed by atoms with van der Waals surface area (Å²) in [5.41, 5.74) is -1.11. The zero-order chi connectivity index (χ0) is 16.9. The Hall–Kier alpha value is -1.98. The number of halogens is 2. The molecular formula is C16H21F2NO3. The van der Waals surface area contributed by atoms with Crippen LogP contribution in [0.15, 0.2) is 18.2 Å². The molecule has 1 aromatic rings. The van der Waals surface area contributed by atoms with E-state index in [0.29, 0.717) is 12.8 Å². The Bertz CT molecular complexity index is 562. The maximum absolute atomic E-state index is 13.7. The van der Waals surface area contributed by atoms with Crippen molar-refractivity contribution in [2.75, 3.05) is 0 Å². The van der Waals surface area contributed by atoms with Crippen LogP contribution in [0.25, 0.3) is 0 Å². The highest BCUT2D eigenvalue weighted by atomic mass is 19.1. The van der Waals surface area contributed by atoms with Crippen LogP contribution in [0, 0.1) is 11.6 Å². The van der Waals surface area contributed by atoms with E-state index in [-0.39, 0.29) is 12.0 Å². The highest BCUT2D eigenvalue weighted by Gasteiger charge is 2.34. The number of carboxylic acid groups (broad SMARTS) is 1. The van der Waals surface area contributed by atoms with Crippen LogP contribution in [-0.2, 0) is 9.59 Å². The smallest absolute Gasteiger partial charge is 0.329 e. The number of benzene rings is 1. The highest BCUT2D eigenvalue weighted by molar-refractivity contribution is 5.86. The fourth-order valence-corrected chi connectivity index (χ4v) is 2.37. The molecule has 0 bridgehead atoms. The monoisotopic (exact) mass is 313 g/mol. The summed E-state index contributed by atoms with van der Waals surface area (Å²) in [7, 11) is 0. The van der Waals surface area contributed by atoms with Gasteiger partial charge < -0.3 is 10.4 Å². The molecule has 1 amide bonds. The van der Waals surface area contributed by atoms with Crippen molar-refractivity contribution in [1.82, 2.24) is 5.32 Å². The molecule has 0 aliphatic rings. The van der Waals surface area contributed by atoms with Gasteiger partial charge in [0.25, 0.3) is 0 Å². The van der Waals surface area contributed by atoms with Crippen LogP contribution in [-0.4, -0.2) is 22.5 Å². The van der Waals surface area contributed by atoms with Crippen LogP contribution < -0.4 is 5.32 Å². The van der Waals surface area contributed by atoms with Crippen molar-refractivity contribution in [3.8, 4) is 0 Å². The lowest BCUT2D eigenvalue weighted by Gasteiger charge is -2.26. The van der Waals surface area contributed by atoms with Crippen molar-refractivity contribution >= 4 is 11.9 Å². The Labute approximate surface area is 128 Å². The van der Waals surface area contributed by atoms with Gasteiger partial charge in [-0.05, 0) is 30.9 Å². The predicted octanol–water partition coefficient (Wildman–Crippen LogP) is 3.22. The topological polar surface area (TPSA) is 66.4 Å². The Morgan fingerprint density at radius 3 is 2.50 bits per heavy atom. The number of nitrogens with one attached hydrogen (secondary N) is 1. The first-order valence-electron chi connectivity index (χ1n) is 7.19. The molecule has 0 heterocycles. The van der Waals surface area contributed by atoms with Crippen LogP contribution >= 0.6 is 0 Å². The summed E-state index contributed by atoms with van der Waals surface area (Å²) >= 11 is 0. The van der Waals surface area contributed by atoms with E-state index in [0.717, 1.165) is 12.1 Å². The van der Waals surface area contributed by atoms with E-state index >= 15 is 0 Å². The molecule has 122 valence electrons. The van der Waals surface area contributed by atoms with Crippen molar-refractivity contribution in [3.63, 3.8) is 0 Å². The predicted molar refractivity (Wildman–Crippen MR) is 78.5 cm³/mol. The molecule has 0 aromatic heterocycles. The third-order valence-corrected chi connectivity index (χ3v) is 3.62. The Balaban J connectivity index is 2.77. The Kier molecular flexibility index (Phi) is 6.02. The first kappa shape index (κ1) is 18.1. The van der Waals surface area contributed by atoms with E-state index in [1.54, 1.807) is 6.92 Å². The Morgan fingerprint density at radius 1 is 1.36 bits per heavy atom. The van der Waals surface area contributed by atoms with Gasteiger partial charge in [0.2, 0.25) is 5.91 Å². The highest BCUT2D eigenvalue weighted by Crippen LogP contribution is 2.23. The zero-order valence-corrected chi connectivity index (χ0v) is 13.0. The second-order valence-electron chi connectivity index (χ2n) is 5.71. The summed E-state index contributed by atoms with van der Waals surface area (Å²) < 4.78 is 26.6. The molecule has 22 heavy (non-hydrogen) atoms. The minimum atomic E-state index is -1.34. The summed E-state index contributed by atoms with van der Waals surface area (Å²) in [6, 6.07) is 3.19. The van der Waals surface area contributed by atoms with Gasteiger partial charge in [-0.3, -0.25) is 4.79 Å². The second-order valence-corrected chi connectivity index (χ2v) is 5.71. The van der Waals surface area contributed by atoms with Gasteiger partial charge in [-0.25, -0.2) is 13.6 Å². The number of aliphatic carboxylic acids is 1. The van der Waals surface area contributed by atoms with Gasteiger partial charge in [-0.1, -0.05) is 26.3 Å². The average molecular weight is 313 g/mol. The molecule has 6 heteroatoms. The number of amides is 1. The maximum atomic E-state index is 13.7. The fraction of sp³-hybridized carbons (Fsp3) is 0.500. The van der Waals surface area contributed by atoms with E-state index in [4.69, 9.17) is 0 Å². The van der Waals surface area contributed by atoms with Crippen molar-refractivity contribution in [1.29, 1.82) is 0 Å². The lowest BCUT2D eigenvalue weighted by Crippen LogP contribution is -2.52. The number of hydrogen-bond acceptors (Lipinski definition) is 2. The van der Waals surface area contributed by atoms with E-state index in [1.807, 2.05) is 6.92 Å². The van der Waals surface area contributed by atoms with Crippen molar-refractivity contribution in [3.05, 3.63) is 35.4 Å². The summed E-state index contributed by atoms with van der Waals surface area (Å²) in [4.78, 5) is 23.3. The minimum absolute atomic E-state index is 0.0743. The standard InChI is InChI=1S/C16H21F2NO3/c1-4-7-16(3,15(21)22)19-14(20)8-10(2)12-6-5-11(17)9-13(12)18/h5-6,9-10H,4,7-8H2,1-3H3,(H,19,20)(H,21,22). The first-order valence-corrected chi connectivity index (χ1v) is 7.19. The maximum Gasteiger partial charge on any atom is 0.329 e. The third kappa shape index (κ3) is 4.51. The molecule has 0 aliphatic heterocycles. The number of carbonyl (C=O) groups excluding carboxylic acids is 1. The molecule has 0 saturated carbocycles. The SMILES string of the molecule is CCCC(C)(NC(=O)CC(C)c1ccc(F)cc1F)C(=O)O. The van der Waals surface area contributed by atoms with Gasteiger partial charge in [-0.2, -0.15) is 0 Å². The number of hydrogen-bond donors (Lipinski definition) is 2. The van der Waals surface area contributed by atoms with E-state index in [2.05, 4.69) is 5.32 Å². The normalized spacial score (nSPS) is 15.0. The fourth-order valence-electron chi connectivity index (χ4n) is 2.37. The van der Waals surface area contributed by atoms with Gasteiger partial charge in [0.05, 0.1) is 0 Å². The molecule has 1 rings (SSSR count). The minimum Gasteiger partial charge on any atom is -0.480 e. The van der Waals surface area contributed by atoms with Gasteiger partial charge in [0, 0.05) is 12.5 Å². The van der Waals surface area contributed by atoms with Crippen LogP contribution in [0.5, 0.6) is 0 Å². The molecule has 0 aliphatic carbocycles. The summed E-state index contributed by atoms with van der Waals surface area (Å²) in [6.07, 6.45) is 0.827. The quantitative estimate of drug-likeness (QED) is 0.812. The van der Waals surface area contributed by atoms with Gasteiger partial charge in [-0.15, -0.1) is 0 Å². The molecular weight excluding hydrogens is 292 g/mol. The van der Waals surface area contributed by atoms with Crippen molar-refractivity contribution in [2.24, 2.45) is 0 Å². The van der Waals surface area contributed by atoms with Crippen LogP contribution in [0.4, 0.5) is 8.78 Å². The van der Waals surface area contributed by atoms with Crippen LogP contribution in [0.2, 0.25) is 0 Å². The molecule has 0 spiro atoms. The van der Waals surface area contributed by atoms with Gasteiger partial charge in [0.1, 0.15) is 17.2 Å². The Morgan fingerprint density at radius 2 is 2.00 bits per heavy atom. The summed E-state index contributed by atoms with van der Waals surface area (Å²) in [5, 5.41) is 11.7. The van der Waals surface area contributed by atoms with Crippen molar-refractivity contribution < 1.29 is 23.5 Å². The van der Waals surface area contributed by atoms with E-state index < -0.39 is 35.0 Å². The van der Waals surface area contributed by atoms with Gasteiger partial charge >= 0.3 is 5.97 Å². The molecule has 2 atom stereocenters. The summed E-state index contributed by atoms with van der Waals surface area (Å²) in [6.45, 7) is 4.90. The number of carboxylic acids is 1. The molecule has 0 saturated heterocycles. The molecule has 2 unspecified atom stereocenters. The number of rotatable bonds is 7. The van der Waals surface area contributed by atoms with Crippen molar-refractivity contribution in [2.45, 2.75) is 51.5 Å². The second kappa shape index (κ2) is 7.33. The number of carbonyl (C=O) groups is 2. The largest absolute Gasteiger partial charge is 0.480 e. The lowest BCUT2D eigenvalue weighted by atomic mass is 9.93. The van der Waals surface area contributed by atoms with Gasteiger partial charge in [0.15, 0.2) is 0 Å².